The topological polar surface area (TPSA) is 109 Å². The second-order valence-corrected chi connectivity index (χ2v) is 9.25. The van der Waals surface area contributed by atoms with Crippen molar-refractivity contribution < 1.29 is 24.2 Å². The summed E-state index contributed by atoms with van der Waals surface area (Å²) in [5.41, 5.74) is 3.64. The van der Waals surface area contributed by atoms with Crippen molar-refractivity contribution in [2.75, 3.05) is 13.2 Å². The molecule has 2 N–H and O–H groups in total. The maximum Gasteiger partial charge on any atom is 0.252 e. The highest BCUT2D eigenvalue weighted by Crippen LogP contribution is 2.27. The number of hydrogen-bond donors (Lipinski definition) is 2. The number of amides is 2. The number of piperidine rings is 1. The summed E-state index contributed by atoms with van der Waals surface area (Å²) in [6.45, 7) is 0.462. The maximum absolute atomic E-state index is 13.6. The van der Waals surface area contributed by atoms with Gasteiger partial charge in [0, 0.05) is 18.5 Å². The molecule has 2 saturated heterocycles. The van der Waals surface area contributed by atoms with Crippen LogP contribution in [0, 0.1) is 0 Å². The van der Waals surface area contributed by atoms with Gasteiger partial charge in [0.05, 0.1) is 21.8 Å². The Hall–Kier alpha value is -3.30. The third-order valence-electron chi connectivity index (χ3n) is 6.20. The van der Waals surface area contributed by atoms with Crippen molar-refractivity contribution in [2.45, 2.75) is 37.5 Å². The molecule has 2 aliphatic heterocycles. The largest absolute Gasteiger partial charge is 0.508 e. The number of aromatic nitrogens is 1. The molecule has 9 heteroatoms. The van der Waals surface area contributed by atoms with E-state index in [1.807, 2.05) is 6.07 Å². The van der Waals surface area contributed by atoms with Crippen molar-refractivity contribution >= 4 is 39.2 Å². The van der Waals surface area contributed by atoms with Crippen LogP contribution in [0.4, 0.5) is 0 Å². The van der Waals surface area contributed by atoms with Crippen molar-refractivity contribution in [1.29, 1.82) is 0 Å². The molecule has 5 rings (SSSR count). The first-order valence-corrected chi connectivity index (χ1v) is 11.7. The van der Waals surface area contributed by atoms with Gasteiger partial charge in [0.15, 0.2) is 5.78 Å². The second-order valence-electron chi connectivity index (χ2n) is 8.37. The Morgan fingerprint density at radius 1 is 1.24 bits per heavy atom. The summed E-state index contributed by atoms with van der Waals surface area (Å²) in [6, 6.07) is 10.3. The van der Waals surface area contributed by atoms with Crippen molar-refractivity contribution in [3.05, 3.63) is 59.1 Å². The molecule has 2 fully saturated rings. The first-order chi connectivity index (χ1) is 16.0. The van der Waals surface area contributed by atoms with Crippen LogP contribution in [0.1, 0.15) is 28.8 Å². The molecule has 2 amide bonds. The van der Waals surface area contributed by atoms with Gasteiger partial charge in [-0.15, -0.1) is 11.3 Å². The van der Waals surface area contributed by atoms with Gasteiger partial charge < -0.3 is 20.1 Å². The number of thiazole rings is 1. The van der Waals surface area contributed by atoms with Crippen LogP contribution in [0.2, 0.25) is 0 Å². The van der Waals surface area contributed by atoms with Crippen LogP contribution in [0.3, 0.4) is 0 Å². The number of carbonyl (C=O) groups excluding carboxylic acids is 3. The van der Waals surface area contributed by atoms with Crippen molar-refractivity contribution in [3.8, 4) is 5.75 Å². The van der Waals surface area contributed by atoms with Crippen LogP contribution in [0.5, 0.6) is 5.75 Å². The van der Waals surface area contributed by atoms with Crippen molar-refractivity contribution in [1.82, 2.24) is 15.2 Å². The molecule has 3 heterocycles. The number of nitrogens with one attached hydrogen (secondary N) is 1. The quantitative estimate of drug-likeness (QED) is 0.599. The van der Waals surface area contributed by atoms with Crippen LogP contribution in [-0.2, 0) is 20.7 Å². The third kappa shape index (κ3) is 4.34. The van der Waals surface area contributed by atoms with Gasteiger partial charge in [-0.1, -0.05) is 12.1 Å². The van der Waals surface area contributed by atoms with E-state index >= 15 is 0 Å². The Kier molecular flexibility index (Phi) is 5.82. The zero-order chi connectivity index (χ0) is 22.9. The molecule has 8 nitrogen and oxygen atoms in total. The van der Waals surface area contributed by atoms with Crippen molar-refractivity contribution in [2.24, 2.45) is 0 Å². The van der Waals surface area contributed by atoms with E-state index in [9.17, 15) is 19.5 Å². The predicted molar refractivity (Wildman–Crippen MR) is 122 cm³/mol. The standard InChI is InChI=1S/C24H23N3O5S/c28-16-6-3-14(4-7-16)10-18(24(31)27-9-1-2-20-22(27)19(29)12-32-20)26-23(30)15-5-8-21-17(11-15)25-13-33-21/h3-8,11,13,18,20,22,28H,1-2,9-10,12H2,(H,26,30). The molecule has 0 saturated carbocycles. The van der Waals surface area contributed by atoms with Gasteiger partial charge in [0.25, 0.3) is 5.91 Å². The molecular formula is C24H23N3O5S. The van der Waals surface area contributed by atoms with Gasteiger partial charge in [-0.25, -0.2) is 4.98 Å². The van der Waals surface area contributed by atoms with Crippen LogP contribution >= 0.6 is 11.3 Å². The Bertz CT molecular complexity index is 1210. The van der Waals surface area contributed by atoms with E-state index in [0.29, 0.717) is 12.1 Å². The zero-order valence-corrected chi connectivity index (χ0v) is 18.6. The highest BCUT2D eigenvalue weighted by molar-refractivity contribution is 7.16. The number of Topliss-reactive ketones (excluding diaryl/α,β-unsaturated/α-hetero) is 1. The third-order valence-corrected chi connectivity index (χ3v) is 7.01. The van der Waals surface area contributed by atoms with Gasteiger partial charge >= 0.3 is 0 Å². The fourth-order valence-electron chi connectivity index (χ4n) is 4.55. The first kappa shape index (κ1) is 21.5. The molecule has 2 aliphatic rings. The summed E-state index contributed by atoms with van der Waals surface area (Å²) in [5.74, 6) is -0.671. The number of phenols is 1. The highest BCUT2D eigenvalue weighted by Gasteiger charge is 2.45. The molecule has 33 heavy (non-hydrogen) atoms. The van der Waals surface area contributed by atoms with Crippen LogP contribution in [0.15, 0.2) is 48.0 Å². The van der Waals surface area contributed by atoms with E-state index in [4.69, 9.17) is 4.74 Å². The molecule has 0 bridgehead atoms. The predicted octanol–water partition coefficient (Wildman–Crippen LogP) is 2.30. The first-order valence-electron chi connectivity index (χ1n) is 10.9. The number of aromatic hydroxyl groups is 1. The van der Waals surface area contributed by atoms with Crippen LogP contribution < -0.4 is 5.32 Å². The summed E-state index contributed by atoms with van der Waals surface area (Å²) < 4.78 is 6.55. The molecule has 3 aromatic rings. The van der Waals surface area contributed by atoms with E-state index in [1.165, 1.54) is 11.3 Å². The molecule has 3 atom stereocenters. The van der Waals surface area contributed by atoms with E-state index in [2.05, 4.69) is 10.3 Å². The number of hydrogen-bond acceptors (Lipinski definition) is 7. The minimum atomic E-state index is -0.875. The lowest BCUT2D eigenvalue weighted by molar-refractivity contribution is -0.142. The number of carbonyl (C=O) groups is 3. The van der Waals surface area contributed by atoms with E-state index in [0.717, 1.165) is 28.6 Å². The summed E-state index contributed by atoms with van der Waals surface area (Å²) in [4.78, 5) is 45.0. The van der Waals surface area contributed by atoms with Gasteiger partial charge in [-0.05, 0) is 48.7 Å². The average Bonchev–Trinajstić information content (AvgIpc) is 3.45. The van der Waals surface area contributed by atoms with Gasteiger partial charge in [-0.2, -0.15) is 0 Å². The molecule has 2 aromatic carbocycles. The molecule has 0 radical (unpaired) electrons. The van der Waals surface area contributed by atoms with E-state index in [-0.39, 0.29) is 42.5 Å². The number of nitrogens with zero attached hydrogens (tertiary/aromatic N) is 2. The smallest absolute Gasteiger partial charge is 0.252 e. The zero-order valence-electron chi connectivity index (χ0n) is 17.8. The summed E-state index contributed by atoms with van der Waals surface area (Å²) >= 11 is 1.49. The minimum Gasteiger partial charge on any atom is -0.508 e. The van der Waals surface area contributed by atoms with Gasteiger partial charge in [0.2, 0.25) is 5.91 Å². The summed E-state index contributed by atoms with van der Waals surface area (Å²) in [5, 5.41) is 12.5. The number of benzene rings is 2. The molecule has 170 valence electrons. The van der Waals surface area contributed by atoms with Crippen LogP contribution in [-0.4, -0.2) is 63.9 Å². The fourth-order valence-corrected chi connectivity index (χ4v) is 5.21. The Labute approximate surface area is 194 Å². The number of likely N-dealkylation sites (tertiary alicyclic amines) is 1. The number of ether oxygens (including phenoxy) is 1. The number of fused-ring (bicyclic) bond motifs is 2. The Balaban J connectivity index is 1.41. The molecule has 1 aromatic heterocycles. The lowest BCUT2D eigenvalue weighted by atomic mass is 9.95. The SMILES string of the molecule is O=C(NC(Cc1ccc(O)cc1)C(=O)N1CCCC2OCC(=O)C21)c1ccc2scnc2c1. The van der Waals surface area contributed by atoms with Gasteiger partial charge in [-0.3, -0.25) is 14.4 Å². The lowest BCUT2D eigenvalue weighted by Gasteiger charge is -2.37. The molecular weight excluding hydrogens is 442 g/mol. The average molecular weight is 466 g/mol. The van der Waals surface area contributed by atoms with E-state index < -0.39 is 12.1 Å². The molecule has 0 spiro atoms. The Morgan fingerprint density at radius 2 is 2.06 bits per heavy atom. The number of phenolic OH excluding ortho intramolecular Hbond substituents is 1. The highest BCUT2D eigenvalue weighted by atomic mass is 32.1. The number of ketones is 1. The fraction of sp³-hybridized carbons (Fsp3) is 0.333. The molecule has 0 aliphatic carbocycles. The molecule has 3 unspecified atom stereocenters. The lowest BCUT2D eigenvalue weighted by Crippen LogP contribution is -2.58. The number of rotatable bonds is 5. The second kappa shape index (κ2) is 8.92. The van der Waals surface area contributed by atoms with Crippen molar-refractivity contribution in [3.63, 3.8) is 0 Å². The Morgan fingerprint density at radius 3 is 2.88 bits per heavy atom. The summed E-state index contributed by atoms with van der Waals surface area (Å²) in [7, 11) is 0. The maximum atomic E-state index is 13.6. The monoisotopic (exact) mass is 465 g/mol. The van der Waals surface area contributed by atoms with E-state index in [1.54, 1.807) is 46.8 Å². The minimum absolute atomic E-state index is 0.0156. The van der Waals surface area contributed by atoms with Gasteiger partial charge in [0.1, 0.15) is 24.4 Å². The van der Waals surface area contributed by atoms with Crippen LogP contribution in [0.25, 0.3) is 10.2 Å². The normalized spacial score (nSPS) is 21.1. The summed E-state index contributed by atoms with van der Waals surface area (Å²) in [6.07, 6.45) is 1.42.